The molecule has 1 saturated heterocycles. The molecule has 0 aliphatic carbocycles. The molecule has 0 radical (unpaired) electrons. The zero-order valence-corrected chi connectivity index (χ0v) is 18.4. The smallest absolute Gasteiger partial charge is 0.194 e. The van der Waals surface area contributed by atoms with Crippen molar-refractivity contribution in [1.29, 1.82) is 0 Å². The van der Waals surface area contributed by atoms with Crippen molar-refractivity contribution in [3.63, 3.8) is 0 Å². The van der Waals surface area contributed by atoms with Crippen LogP contribution >= 0.6 is 0 Å². The van der Waals surface area contributed by atoms with E-state index in [1.165, 1.54) is 0 Å². The molecule has 0 aromatic heterocycles. The van der Waals surface area contributed by atoms with Crippen LogP contribution in [0.1, 0.15) is 32.8 Å². The van der Waals surface area contributed by atoms with Gasteiger partial charge >= 0.3 is 0 Å². The molecule has 0 bridgehead atoms. The number of aliphatic imine (C=N–C) groups is 1. The largest absolute Gasteiger partial charge is 0.382 e. The summed E-state index contributed by atoms with van der Waals surface area (Å²) in [6.07, 6.45) is 1.09. The molecular weight excluding hydrogens is 371 g/mol. The van der Waals surface area contributed by atoms with E-state index in [9.17, 15) is 4.39 Å². The van der Waals surface area contributed by atoms with Crippen molar-refractivity contribution in [2.75, 3.05) is 64.6 Å². The first-order valence-electron chi connectivity index (χ1n) is 10.8. The molecule has 1 fully saturated rings. The number of ether oxygens (including phenoxy) is 2. The van der Waals surface area contributed by atoms with Gasteiger partial charge < -0.3 is 24.6 Å². The summed E-state index contributed by atoms with van der Waals surface area (Å²) in [5, 5.41) is 3.37. The third-order valence-corrected chi connectivity index (χ3v) is 5.23. The number of halogens is 1. The molecule has 1 heterocycles. The van der Waals surface area contributed by atoms with Crippen molar-refractivity contribution >= 4 is 11.6 Å². The molecule has 1 aromatic carbocycles. The topological polar surface area (TPSA) is 49.3 Å². The number of anilines is 1. The van der Waals surface area contributed by atoms with Gasteiger partial charge in [0, 0.05) is 45.8 Å². The molecule has 1 aliphatic rings. The molecule has 0 saturated carbocycles. The Hall–Kier alpha value is -1.86. The lowest BCUT2D eigenvalue weighted by Gasteiger charge is -2.22. The normalized spacial score (nSPS) is 17.1. The highest BCUT2D eigenvalue weighted by Crippen LogP contribution is 2.21. The Morgan fingerprint density at radius 2 is 2.07 bits per heavy atom. The predicted octanol–water partition coefficient (Wildman–Crippen LogP) is 3.12. The average molecular weight is 409 g/mol. The maximum Gasteiger partial charge on any atom is 0.194 e. The van der Waals surface area contributed by atoms with E-state index in [2.05, 4.69) is 17.1 Å². The second kappa shape index (κ2) is 12.6. The molecule has 1 aliphatic heterocycles. The maximum atomic E-state index is 14.5. The van der Waals surface area contributed by atoms with E-state index in [1.54, 1.807) is 13.2 Å². The number of hydrogen-bond donors (Lipinski definition) is 1. The molecule has 7 heteroatoms. The number of benzene rings is 1. The summed E-state index contributed by atoms with van der Waals surface area (Å²) in [4.78, 5) is 9.05. The van der Waals surface area contributed by atoms with Crippen LogP contribution in [0.3, 0.4) is 0 Å². The number of methoxy groups -OCH3 is 1. The SMILES string of the molecule is CCNC(=NCc1ccc(N(CC)CC)c(F)c1)N1CCC(COCCOC)C1. The van der Waals surface area contributed by atoms with Gasteiger partial charge in [-0.2, -0.15) is 0 Å². The van der Waals surface area contributed by atoms with Crippen molar-refractivity contribution in [3.05, 3.63) is 29.6 Å². The van der Waals surface area contributed by atoms with Gasteiger partial charge in [0.1, 0.15) is 5.82 Å². The number of likely N-dealkylation sites (tertiary alicyclic amines) is 1. The molecule has 6 nitrogen and oxygen atoms in total. The van der Waals surface area contributed by atoms with Crippen molar-refractivity contribution in [2.24, 2.45) is 10.9 Å². The van der Waals surface area contributed by atoms with Gasteiger partial charge in [-0.15, -0.1) is 0 Å². The third kappa shape index (κ3) is 7.16. The van der Waals surface area contributed by atoms with Gasteiger partial charge in [-0.1, -0.05) is 6.07 Å². The zero-order valence-electron chi connectivity index (χ0n) is 18.4. The lowest BCUT2D eigenvalue weighted by atomic mass is 10.1. The quantitative estimate of drug-likeness (QED) is 0.346. The van der Waals surface area contributed by atoms with Crippen LogP contribution in [0.5, 0.6) is 0 Å². The molecule has 164 valence electrons. The second-order valence-electron chi connectivity index (χ2n) is 7.30. The first-order valence-corrected chi connectivity index (χ1v) is 10.8. The summed E-state index contributed by atoms with van der Waals surface area (Å²) in [5.41, 5.74) is 1.54. The van der Waals surface area contributed by atoms with Gasteiger partial charge in [-0.25, -0.2) is 9.38 Å². The van der Waals surface area contributed by atoms with Crippen molar-refractivity contribution in [2.45, 2.75) is 33.7 Å². The fraction of sp³-hybridized carbons (Fsp3) is 0.682. The summed E-state index contributed by atoms with van der Waals surface area (Å²) in [6.45, 7) is 12.9. The molecule has 2 rings (SSSR count). The van der Waals surface area contributed by atoms with Crippen molar-refractivity contribution in [1.82, 2.24) is 10.2 Å². The van der Waals surface area contributed by atoms with E-state index in [-0.39, 0.29) is 5.82 Å². The highest BCUT2D eigenvalue weighted by atomic mass is 19.1. The van der Waals surface area contributed by atoms with E-state index in [0.717, 1.165) is 57.3 Å². The molecule has 0 spiro atoms. The Morgan fingerprint density at radius 3 is 2.72 bits per heavy atom. The molecule has 1 atom stereocenters. The third-order valence-electron chi connectivity index (χ3n) is 5.23. The Labute approximate surface area is 175 Å². The van der Waals surface area contributed by atoms with E-state index < -0.39 is 0 Å². The van der Waals surface area contributed by atoms with Gasteiger partial charge in [0.25, 0.3) is 0 Å². The fourth-order valence-electron chi connectivity index (χ4n) is 3.61. The van der Waals surface area contributed by atoms with Crippen LogP contribution in [0.2, 0.25) is 0 Å². The van der Waals surface area contributed by atoms with Crippen molar-refractivity contribution in [3.8, 4) is 0 Å². The predicted molar refractivity (Wildman–Crippen MR) is 117 cm³/mol. The Kier molecular flexibility index (Phi) is 10.2. The molecule has 1 aromatic rings. The zero-order chi connectivity index (χ0) is 21.1. The first-order chi connectivity index (χ1) is 14.1. The minimum absolute atomic E-state index is 0.180. The Balaban J connectivity index is 1.96. The van der Waals surface area contributed by atoms with Gasteiger partial charge in [-0.05, 0) is 44.9 Å². The number of nitrogens with one attached hydrogen (secondary N) is 1. The van der Waals surface area contributed by atoms with E-state index in [0.29, 0.717) is 31.4 Å². The van der Waals surface area contributed by atoms with Crippen LogP contribution in [0.25, 0.3) is 0 Å². The molecular formula is C22H37FN4O2. The van der Waals surface area contributed by atoms with Gasteiger partial charge in [0.2, 0.25) is 0 Å². The van der Waals surface area contributed by atoms with Crippen LogP contribution in [-0.2, 0) is 16.0 Å². The van der Waals surface area contributed by atoms with E-state index in [1.807, 2.05) is 30.9 Å². The standard InChI is InChI=1S/C22H37FN4O2/c1-5-24-22(27-11-10-19(16-27)17-29-13-12-28-4)25-15-18-8-9-21(20(23)14-18)26(6-2)7-3/h8-9,14,19H,5-7,10-13,15-17H2,1-4H3,(H,24,25). The van der Waals surface area contributed by atoms with Crippen LogP contribution in [0.4, 0.5) is 10.1 Å². The van der Waals surface area contributed by atoms with E-state index >= 15 is 0 Å². The number of nitrogens with zero attached hydrogens (tertiary/aromatic N) is 3. The van der Waals surface area contributed by atoms with Crippen LogP contribution in [0.15, 0.2) is 23.2 Å². The Morgan fingerprint density at radius 1 is 1.28 bits per heavy atom. The molecule has 1 N–H and O–H groups in total. The minimum Gasteiger partial charge on any atom is -0.382 e. The summed E-state index contributed by atoms with van der Waals surface area (Å²) in [7, 11) is 1.68. The summed E-state index contributed by atoms with van der Waals surface area (Å²) in [6, 6.07) is 5.45. The van der Waals surface area contributed by atoms with Gasteiger partial charge in [0.05, 0.1) is 32.1 Å². The number of rotatable bonds is 11. The highest BCUT2D eigenvalue weighted by molar-refractivity contribution is 5.80. The second-order valence-corrected chi connectivity index (χ2v) is 7.30. The van der Waals surface area contributed by atoms with Gasteiger partial charge in [0.15, 0.2) is 5.96 Å². The minimum atomic E-state index is -0.180. The summed E-state index contributed by atoms with van der Waals surface area (Å²) >= 11 is 0. The lowest BCUT2D eigenvalue weighted by Crippen LogP contribution is -2.40. The Bertz CT molecular complexity index is 637. The molecule has 29 heavy (non-hydrogen) atoms. The average Bonchev–Trinajstić information content (AvgIpc) is 3.19. The number of guanidine groups is 1. The fourth-order valence-corrected chi connectivity index (χ4v) is 3.61. The highest BCUT2D eigenvalue weighted by Gasteiger charge is 2.25. The van der Waals surface area contributed by atoms with Crippen molar-refractivity contribution < 1.29 is 13.9 Å². The maximum absolute atomic E-state index is 14.5. The molecule has 0 amide bonds. The molecule has 1 unspecified atom stereocenters. The first kappa shape index (κ1) is 23.4. The van der Waals surface area contributed by atoms with Gasteiger partial charge in [-0.3, -0.25) is 0 Å². The van der Waals surface area contributed by atoms with E-state index in [4.69, 9.17) is 14.5 Å². The monoisotopic (exact) mass is 408 g/mol. The van der Waals surface area contributed by atoms with Crippen LogP contribution in [0, 0.1) is 11.7 Å². The number of hydrogen-bond acceptors (Lipinski definition) is 4. The summed E-state index contributed by atoms with van der Waals surface area (Å²) < 4.78 is 25.2. The van der Waals surface area contributed by atoms with Crippen LogP contribution < -0.4 is 10.2 Å². The lowest BCUT2D eigenvalue weighted by molar-refractivity contribution is 0.0536. The summed E-state index contributed by atoms with van der Waals surface area (Å²) in [5.74, 6) is 1.21. The van der Waals surface area contributed by atoms with Crippen LogP contribution in [-0.4, -0.2) is 70.5 Å².